The molecule has 0 radical (unpaired) electrons. The molecular weight excluding hydrogens is 206 g/mol. The Morgan fingerprint density at radius 3 is 2.44 bits per heavy atom. The first kappa shape index (κ1) is 10.2. The van der Waals surface area contributed by atoms with Crippen LogP contribution in [0.1, 0.15) is 20.9 Å². The summed E-state index contributed by atoms with van der Waals surface area (Å²) in [7, 11) is 0. The molecule has 16 heavy (non-hydrogen) atoms. The van der Waals surface area contributed by atoms with Gasteiger partial charge < -0.3 is 10.2 Å². The molecule has 2 aromatic rings. The van der Waals surface area contributed by atoms with Crippen LogP contribution in [0.5, 0.6) is 0 Å². The number of carbonyl (C=O) groups is 2. The van der Waals surface area contributed by atoms with Gasteiger partial charge in [-0.3, -0.25) is 9.59 Å². The van der Waals surface area contributed by atoms with Gasteiger partial charge in [0.15, 0.2) is 12.0 Å². The highest BCUT2D eigenvalue weighted by atomic mass is 16.3. The zero-order valence-electron chi connectivity index (χ0n) is 8.34. The van der Waals surface area contributed by atoms with Crippen molar-refractivity contribution in [3.63, 3.8) is 0 Å². The molecule has 0 fully saturated rings. The predicted molar refractivity (Wildman–Crippen MR) is 58.0 cm³/mol. The van der Waals surface area contributed by atoms with Crippen LogP contribution in [0.15, 0.2) is 41.0 Å². The lowest BCUT2D eigenvalue weighted by atomic mass is 10.0. The highest BCUT2D eigenvalue weighted by Gasteiger charge is 2.08. The highest BCUT2D eigenvalue weighted by Crippen LogP contribution is 2.23. The van der Waals surface area contributed by atoms with Gasteiger partial charge in [0.2, 0.25) is 5.91 Å². The van der Waals surface area contributed by atoms with Gasteiger partial charge in [0.1, 0.15) is 0 Å². The smallest absolute Gasteiger partial charge is 0.248 e. The zero-order chi connectivity index (χ0) is 11.5. The van der Waals surface area contributed by atoms with Crippen molar-refractivity contribution in [3.05, 3.63) is 47.9 Å². The third-order valence-corrected chi connectivity index (χ3v) is 2.28. The summed E-state index contributed by atoms with van der Waals surface area (Å²) in [6.07, 6.45) is 2.10. The van der Waals surface area contributed by atoms with E-state index >= 15 is 0 Å². The van der Waals surface area contributed by atoms with Crippen LogP contribution < -0.4 is 5.73 Å². The van der Waals surface area contributed by atoms with Crippen LogP contribution in [0.2, 0.25) is 0 Å². The molecule has 80 valence electrons. The third-order valence-electron chi connectivity index (χ3n) is 2.28. The van der Waals surface area contributed by atoms with E-state index in [4.69, 9.17) is 10.2 Å². The summed E-state index contributed by atoms with van der Waals surface area (Å²) >= 11 is 0. The van der Waals surface area contributed by atoms with Crippen LogP contribution >= 0.6 is 0 Å². The lowest BCUT2D eigenvalue weighted by Crippen LogP contribution is -2.10. The molecule has 4 nitrogen and oxygen atoms in total. The van der Waals surface area contributed by atoms with E-state index in [2.05, 4.69) is 0 Å². The minimum atomic E-state index is -0.477. The largest absolute Gasteiger partial charge is 0.461 e. The van der Waals surface area contributed by atoms with Crippen LogP contribution in [-0.2, 0) is 0 Å². The first-order valence-corrected chi connectivity index (χ1v) is 4.65. The number of hydrogen-bond acceptors (Lipinski definition) is 3. The molecule has 0 bridgehead atoms. The Balaban J connectivity index is 2.42. The molecule has 1 amide bonds. The summed E-state index contributed by atoms with van der Waals surface area (Å²) in [5.74, 6) is -0.207. The van der Waals surface area contributed by atoms with Crippen LogP contribution in [0.4, 0.5) is 0 Å². The fourth-order valence-electron chi connectivity index (χ4n) is 1.46. The monoisotopic (exact) mass is 215 g/mol. The Kier molecular flexibility index (Phi) is 2.55. The van der Waals surface area contributed by atoms with Crippen LogP contribution in [0.3, 0.4) is 0 Å². The second-order valence-electron chi connectivity index (χ2n) is 3.26. The Morgan fingerprint density at radius 2 is 1.88 bits per heavy atom. The van der Waals surface area contributed by atoms with Gasteiger partial charge in [0.25, 0.3) is 0 Å². The second kappa shape index (κ2) is 4.02. The number of amides is 1. The van der Waals surface area contributed by atoms with E-state index in [1.807, 2.05) is 0 Å². The van der Waals surface area contributed by atoms with E-state index in [-0.39, 0.29) is 5.76 Å². The molecule has 0 aliphatic heterocycles. The van der Waals surface area contributed by atoms with E-state index < -0.39 is 5.91 Å². The van der Waals surface area contributed by atoms with Gasteiger partial charge >= 0.3 is 0 Å². The maximum absolute atomic E-state index is 10.9. The summed E-state index contributed by atoms with van der Waals surface area (Å²) in [6, 6.07) is 8.36. The molecule has 0 unspecified atom stereocenters. The van der Waals surface area contributed by atoms with Gasteiger partial charge in [0.05, 0.1) is 6.26 Å². The quantitative estimate of drug-likeness (QED) is 0.794. The summed E-state index contributed by atoms with van der Waals surface area (Å²) in [6.45, 7) is 0. The van der Waals surface area contributed by atoms with E-state index in [0.29, 0.717) is 17.4 Å². The lowest BCUT2D eigenvalue weighted by Gasteiger charge is -1.99. The summed E-state index contributed by atoms with van der Waals surface area (Å²) < 4.78 is 4.99. The maximum Gasteiger partial charge on any atom is 0.248 e. The summed E-state index contributed by atoms with van der Waals surface area (Å²) in [4.78, 5) is 21.5. The third kappa shape index (κ3) is 1.72. The average Bonchev–Trinajstić information content (AvgIpc) is 2.77. The molecule has 1 aromatic carbocycles. The molecule has 1 aromatic heterocycles. The lowest BCUT2D eigenvalue weighted by molar-refractivity contribution is 0.0999. The Bertz CT molecular complexity index is 525. The van der Waals surface area contributed by atoms with Crippen molar-refractivity contribution >= 4 is 12.2 Å². The summed E-state index contributed by atoms with van der Waals surface area (Å²) in [5.41, 5.74) is 7.06. The number of furan rings is 1. The topological polar surface area (TPSA) is 73.3 Å². The maximum atomic E-state index is 10.9. The van der Waals surface area contributed by atoms with Crippen molar-refractivity contribution in [2.45, 2.75) is 0 Å². The predicted octanol–water partition coefficient (Wildman–Crippen LogP) is 1.86. The number of rotatable bonds is 3. The van der Waals surface area contributed by atoms with Crippen molar-refractivity contribution in [2.24, 2.45) is 5.73 Å². The van der Waals surface area contributed by atoms with Crippen LogP contribution in [-0.4, -0.2) is 12.2 Å². The molecule has 1 heterocycles. The van der Waals surface area contributed by atoms with Gasteiger partial charge in [-0.1, -0.05) is 12.1 Å². The normalized spacial score (nSPS) is 10.0. The van der Waals surface area contributed by atoms with Crippen molar-refractivity contribution < 1.29 is 14.0 Å². The Hall–Kier alpha value is -2.36. The SMILES string of the molecule is NC(=O)c1ccc(-c2ccoc2C=O)cc1. The Labute approximate surface area is 91.7 Å². The van der Waals surface area contributed by atoms with Crippen molar-refractivity contribution in [1.29, 1.82) is 0 Å². The molecule has 4 heteroatoms. The zero-order valence-corrected chi connectivity index (χ0v) is 8.34. The second-order valence-corrected chi connectivity index (χ2v) is 3.26. The number of aldehydes is 1. The first-order chi connectivity index (χ1) is 7.72. The van der Waals surface area contributed by atoms with Crippen LogP contribution in [0.25, 0.3) is 11.1 Å². The molecule has 0 saturated heterocycles. The molecular formula is C12H9NO3. The number of primary amides is 1. The fraction of sp³-hybridized carbons (Fsp3) is 0. The van der Waals surface area contributed by atoms with Gasteiger partial charge in [-0.05, 0) is 23.8 Å². The van der Waals surface area contributed by atoms with E-state index in [1.54, 1.807) is 30.3 Å². The standard InChI is InChI=1S/C12H9NO3/c13-12(15)9-3-1-8(2-4-9)10-5-6-16-11(10)7-14/h1-7H,(H2,13,15). The molecule has 0 aliphatic rings. The molecule has 2 N–H and O–H groups in total. The van der Waals surface area contributed by atoms with Gasteiger partial charge in [-0.2, -0.15) is 0 Å². The van der Waals surface area contributed by atoms with Crippen molar-refractivity contribution in [2.75, 3.05) is 0 Å². The van der Waals surface area contributed by atoms with E-state index in [1.165, 1.54) is 6.26 Å². The highest BCUT2D eigenvalue weighted by molar-refractivity contribution is 5.93. The molecule has 0 atom stereocenters. The number of carbonyl (C=O) groups excluding carboxylic acids is 2. The van der Waals surface area contributed by atoms with Gasteiger partial charge in [-0.15, -0.1) is 0 Å². The minimum absolute atomic E-state index is 0.270. The number of benzene rings is 1. The molecule has 2 rings (SSSR count). The molecule has 0 spiro atoms. The van der Waals surface area contributed by atoms with E-state index in [9.17, 15) is 9.59 Å². The van der Waals surface area contributed by atoms with E-state index in [0.717, 1.165) is 5.56 Å². The Morgan fingerprint density at radius 1 is 1.19 bits per heavy atom. The van der Waals surface area contributed by atoms with Crippen molar-refractivity contribution in [3.8, 4) is 11.1 Å². The number of hydrogen-bond donors (Lipinski definition) is 1. The fourth-order valence-corrected chi connectivity index (χ4v) is 1.46. The van der Waals surface area contributed by atoms with Crippen molar-refractivity contribution in [1.82, 2.24) is 0 Å². The molecule has 0 aliphatic carbocycles. The number of nitrogens with two attached hydrogens (primary N) is 1. The van der Waals surface area contributed by atoms with Gasteiger partial charge in [-0.25, -0.2) is 0 Å². The minimum Gasteiger partial charge on any atom is -0.461 e. The summed E-state index contributed by atoms with van der Waals surface area (Å²) in [5, 5.41) is 0. The first-order valence-electron chi connectivity index (χ1n) is 4.65. The molecule has 0 saturated carbocycles. The average molecular weight is 215 g/mol. The van der Waals surface area contributed by atoms with Gasteiger partial charge in [0, 0.05) is 11.1 Å². The van der Waals surface area contributed by atoms with Crippen LogP contribution in [0, 0.1) is 0 Å².